The van der Waals surface area contributed by atoms with Crippen molar-refractivity contribution in [3.05, 3.63) is 99.1 Å². The van der Waals surface area contributed by atoms with Gasteiger partial charge in [0.25, 0.3) is 11.6 Å². The number of benzene rings is 3. The number of para-hydroxylation sites is 1. The van der Waals surface area contributed by atoms with Gasteiger partial charge in [-0.15, -0.1) is 0 Å². The second-order valence-electron chi connectivity index (χ2n) is 7.55. The van der Waals surface area contributed by atoms with Gasteiger partial charge in [0.05, 0.1) is 4.92 Å². The molecule has 3 aromatic carbocycles. The zero-order valence-corrected chi connectivity index (χ0v) is 18.2. The summed E-state index contributed by atoms with van der Waals surface area (Å²) in [5.74, 6) is -0.196. The number of carbonyl (C=O) groups excluding carboxylic acids is 1. The van der Waals surface area contributed by atoms with Crippen LogP contribution in [0.1, 0.15) is 15.9 Å². The van der Waals surface area contributed by atoms with Crippen LogP contribution in [0.25, 0.3) is 0 Å². The Labute approximate surface area is 191 Å². The molecule has 0 spiro atoms. The van der Waals surface area contributed by atoms with Crippen molar-refractivity contribution in [1.82, 2.24) is 4.90 Å². The highest BCUT2D eigenvalue weighted by molar-refractivity contribution is 6.31. The summed E-state index contributed by atoms with van der Waals surface area (Å²) >= 11 is 6.17. The third-order valence-electron chi connectivity index (χ3n) is 5.56. The van der Waals surface area contributed by atoms with Gasteiger partial charge in [0.2, 0.25) is 0 Å². The highest BCUT2D eigenvalue weighted by Crippen LogP contribution is 2.28. The summed E-state index contributed by atoms with van der Waals surface area (Å²) in [6, 6.07) is 21.9. The zero-order valence-electron chi connectivity index (χ0n) is 17.4. The smallest absolute Gasteiger partial charge is 0.293 e. The minimum atomic E-state index is -0.473. The quantitative estimate of drug-likeness (QED) is 0.430. The van der Waals surface area contributed by atoms with E-state index in [1.165, 1.54) is 6.07 Å². The molecule has 0 saturated carbocycles. The van der Waals surface area contributed by atoms with E-state index in [0.29, 0.717) is 35.9 Å². The van der Waals surface area contributed by atoms with E-state index in [0.717, 1.165) is 24.3 Å². The monoisotopic (exact) mass is 450 g/mol. The van der Waals surface area contributed by atoms with Crippen LogP contribution in [0.3, 0.4) is 0 Å². The van der Waals surface area contributed by atoms with Crippen molar-refractivity contribution < 1.29 is 9.72 Å². The lowest BCUT2D eigenvalue weighted by molar-refractivity contribution is -0.384. The average Bonchev–Trinajstić information content (AvgIpc) is 2.83. The first-order valence-corrected chi connectivity index (χ1v) is 10.8. The summed E-state index contributed by atoms with van der Waals surface area (Å²) in [6.07, 6.45) is 0. The van der Waals surface area contributed by atoms with E-state index in [1.807, 2.05) is 36.4 Å². The van der Waals surface area contributed by atoms with Crippen LogP contribution in [0, 0.1) is 10.1 Å². The summed E-state index contributed by atoms with van der Waals surface area (Å²) in [7, 11) is 0. The number of nitro groups is 1. The first kappa shape index (κ1) is 21.6. The molecule has 0 atom stereocenters. The Bertz CT molecular complexity index is 1120. The average molecular weight is 451 g/mol. The Kier molecular flexibility index (Phi) is 6.56. The Morgan fingerprint density at radius 3 is 2.34 bits per heavy atom. The summed E-state index contributed by atoms with van der Waals surface area (Å²) in [5.41, 5.74) is 2.49. The molecule has 3 aromatic rings. The van der Waals surface area contributed by atoms with E-state index in [-0.39, 0.29) is 11.6 Å². The number of hydrogen-bond acceptors (Lipinski definition) is 5. The maximum atomic E-state index is 13.0. The molecule has 0 radical (unpaired) electrons. The number of amides is 1. The van der Waals surface area contributed by atoms with E-state index in [1.54, 1.807) is 23.1 Å². The minimum absolute atomic E-state index is 0.133. The molecule has 7 nitrogen and oxygen atoms in total. The van der Waals surface area contributed by atoms with Crippen molar-refractivity contribution in [2.45, 2.75) is 6.54 Å². The van der Waals surface area contributed by atoms with E-state index >= 15 is 0 Å². The first-order chi connectivity index (χ1) is 15.5. The highest BCUT2D eigenvalue weighted by Gasteiger charge is 2.25. The lowest BCUT2D eigenvalue weighted by atomic mass is 10.1. The van der Waals surface area contributed by atoms with Crippen LogP contribution in [0.5, 0.6) is 0 Å². The number of hydrogen-bond donors (Lipinski definition) is 1. The number of piperazine rings is 1. The molecule has 0 unspecified atom stereocenters. The number of nitrogens with one attached hydrogen (secondary N) is 1. The van der Waals surface area contributed by atoms with E-state index < -0.39 is 4.92 Å². The molecule has 1 amide bonds. The van der Waals surface area contributed by atoms with Gasteiger partial charge in [-0.1, -0.05) is 48.0 Å². The van der Waals surface area contributed by atoms with Crippen molar-refractivity contribution >= 4 is 34.6 Å². The van der Waals surface area contributed by atoms with Crippen LogP contribution >= 0.6 is 11.6 Å². The standard InChI is InChI=1S/C24H23ClN4O3/c25-21-9-5-4-6-19(21)17-26-22-11-10-18(16-23(22)29(31)32)24(30)28-14-12-27(13-15-28)20-7-2-1-3-8-20/h1-11,16,26H,12-15,17H2. The molecule has 1 aliphatic heterocycles. The van der Waals surface area contributed by atoms with Crippen LogP contribution in [-0.4, -0.2) is 41.9 Å². The Hall–Kier alpha value is -3.58. The van der Waals surface area contributed by atoms with Crippen LogP contribution in [0.4, 0.5) is 17.1 Å². The molecular formula is C24H23ClN4O3. The zero-order chi connectivity index (χ0) is 22.5. The minimum Gasteiger partial charge on any atom is -0.375 e. The normalized spacial score (nSPS) is 13.7. The molecule has 1 aliphatic rings. The molecule has 0 aromatic heterocycles. The largest absolute Gasteiger partial charge is 0.375 e. The van der Waals surface area contributed by atoms with Crippen molar-refractivity contribution in [1.29, 1.82) is 0 Å². The van der Waals surface area contributed by atoms with Crippen LogP contribution < -0.4 is 10.2 Å². The van der Waals surface area contributed by atoms with Gasteiger partial charge in [-0.05, 0) is 35.9 Å². The topological polar surface area (TPSA) is 78.7 Å². The predicted octanol–water partition coefficient (Wildman–Crippen LogP) is 4.82. The third kappa shape index (κ3) is 4.84. The number of carbonyl (C=O) groups is 1. The second-order valence-corrected chi connectivity index (χ2v) is 7.96. The molecular weight excluding hydrogens is 428 g/mol. The van der Waals surface area contributed by atoms with E-state index in [2.05, 4.69) is 22.3 Å². The molecule has 32 heavy (non-hydrogen) atoms. The van der Waals surface area contributed by atoms with Gasteiger partial charge in [-0.3, -0.25) is 14.9 Å². The van der Waals surface area contributed by atoms with Crippen molar-refractivity contribution in [3.63, 3.8) is 0 Å². The third-order valence-corrected chi connectivity index (χ3v) is 5.93. The fourth-order valence-electron chi connectivity index (χ4n) is 3.79. The van der Waals surface area contributed by atoms with E-state index in [4.69, 9.17) is 11.6 Å². The first-order valence-electron chi connectivity index (χ1n) is 10.4. The molecule has 4 rings (SSSR count). The van der Waals surface area contributed by atoms with Crippen LogP contribution in [-0.2, 0) is 6.54 Å². The molecule has 0 aliphatic carbocycles. The molecule has 1 heterocycles. The molecule has 0 bridgehead atoms. The van der Waals surface area contributed by atoms with Gasteiger partial charge in [0.1, 0.15) is 5.69 Å². The molecule has 8 heteroatoms. The van der Waals surface area contributed by atoms with Gasteiger partial charge < -0.3 is 15.1 Å². The van der Waals surface area contributed by atoms with Gasteiger partial charge in [-0.2, -0.15) is 0 Å². The van der Waals surface area contributed by atoms with E-state index in [9.17, 15) is 14.9 Å². The highest BCUT2D eigenvalue weighted by atomic mass is 35.5. The Balaban J connectivity index is 1.44. The number of nitro benzene ring substituents is 1. The van der Waals surface area contributed by atoms with Gasteiger partial charge in [-0.25, -0.2) is 0 Å². The molecule has 1 saturated heterocycles. The summed E-state index contributed by atoms with van der Waals surface area (Å²) in [6.45, 7) is 2.90. The Morgan fingerprint density at radius 1 is 0.969 bits per heavy atom. The van der Waals surface area contributed by atoms with Gasteiger partial charge >= 0.3 is 0 Å². The maximum Gasteiger partial charge on any atom is 0.293 e. The fraction of sp³-hybridized carbons (Fsp3) is 0.208. The summed E-state index contributed by atoms with van der Waals surface area (Å²) < 4.78 is 0. The molecule has 1 N–H and O–H groups in total. The van der Waals surface area contributed by atoms with Crippen molar-refractivity contribution in [2.24, 2.45) is 0 Å². The van der Waals surface area contributed by atoms with Crippen LogP contribution in [0.15, 0.2) is 72.8 Å². The second kappa shape index (κ2) is 9.70. The van der Waals surface area contributed by atoms with Crippen LogP contribution in [0.2, 0.25) is 5.02 Å². The maximum absolute atomic E-state index is 13.0. The van der Waals surface area contributed by atoms with Crippen molar-refractivity contribution in [2.75, 3.05) is 36.4 Å². The fourth-order valence-corrected chi connectivity index (χ4v) is 3.99. The molecule has 164 valence electrons. The summed E-state index contributed by atoms with van der Waals surface area (Å²) in [4.78, 5) is 28.2. The lowest BCUT2D eigenvalue weighted by Gasteiger charge is -2.36. The summed E-state index contributed by atoms with van der Waals surface area (Å²) in [5, 5.41) is 15.3. The lowest BCUT2D eigenvalue weighted by Crippen LogP contribution is -2.48. The van der Waals surface area contributed by atoms with Crippen molar-refractivity contribution in [3.8, 4) is 0 Å². The number of halogens is 1. The predicted molar refractivity (Wildman–Crippen MR) is 126 cm³/mol. The number of rotatable bonds is 6. The van der Waals surface area contributed by atoms with Gasteiger partial charge in [0.15, 0.2) is 0 Å². The molecule has 1 fully saturated rings. The number of anilines is 2. The Morgan fingerprint density at radius 2 is 1.66 bits per heavy atom. The van der Waals surface area contributed by atoms with Gasteiger partial charge in [0, 0.05) is 55.1 Å². The number of nitrogens with zero attached hydrogens (tertiary/aromatic N) is 3. The SMILES string of the molecule is O=C(c1ccc(NCc2ccccc2Cl)c([N+](=O)[O-])c1)N1CCN(c2ccccc2)CC1.